The molecular weight excluding hydrogens is 223 g/mol. The summed E-state index contributed by atoms with van der Waals surface area (Å²) in [4.78, 5) is 0.640. The second-order valence-corrected chi connectivity index (χ2v) is 5.52. The van der Waals surface area contributed by atoms with Gasteiger partial charge in [-0.3, -0.25) is 0 Å². The lowest BCUT2D eigenvalue weighted by atomic mass is 9.86. The molecule has 1 aliphatic rings. The highest BCUT2D eigenvalue weighted by molar-refractivity contribution is 7.99. The summed E-state index contributed by atoms with van der Waals surface area (Å²) in [6, 6.07) is 6.75. The molecule has 0 aliphatic heterocycles. The predicted octanol–water partition coefficient (Wildman–Crippen LogP) is 3.61. The normalized spacial score (nSPS) is 19.6. The fourth-order valence-electron chi connectivity index (χ4n) is 2.13. The van der Waals surface area contributed by atoms with E-state index < -0.39 is 5.60 Å². The lowest BCUT2D eigenvalue weighted by Crippen LogP contribution is -2.34. The van der Waals surface area contributed by atoms with Gasteiger partial charge in [-0.25, -0.2) is 4.39 Å². The molecule has 88 valence electrons. The fourth-order valence-corrected chi connectivity index (χ4v) is 3.22. The zero-order valence-electron chi connectivity index (χ0n) is 9.29. The first-order valence-electron chi connectivity index (χ1n) is 5.79. The van der Waals surface area contributed by atoms with Gasteiger partial charge < -0.3 is 5.11 Å². The van der Waals surface area contributed by atoms with E-state index in [9.17, 15) is 9.50 Å². The van der Waals surface area contributed by atoms with Crippen LogP contribution in [0.4, 0.5) is 4.39 Å². The molecule has 2 rings (SSSR count). The van der Waals surface area contributed by atoms with Gasteiger partial charge in [-0.1, -0.05) is 31.4 Å². The predicted molar refractivity (Wildman–Crippen MR) is 65.2 cm³/mol. The van der Waals surface area contributed by atoms with E-state index in [1.165, 1.54) is 24.2 Å². The second kappa shape index (κ2) is 5.19. The molecule has 1 aromatic rings. The van der Waals surface area contributed by atoms with Crippen LogP contribution in [0.25, 0.3) is 0 Å². The summed E-state index contributed by atoms with van der Waals surface area (Å²) >= 11 is 1.43. The van der Waals surface area contributed by atoms with E-state index in [1.807, 2.05) is 6.07 Å². The number of rotatable bonds is 3. The second-order valence-electron chi connectivity index (χ2n) is 4.50. The van der Waals surface area contributed by atoms with Crippen LogP contribution in [0.2, 0.25) is 0 Å². The van der Waals surface area contributed by atoms with Crippen molar-refractivity contribution in [3.05, 3.63) is 30.1 Å². The number of hydrogen-bond acceptors (Lipinski definition) is 2. The molecule has 0 amide bonds. The highest BCUT2D eigenvalue weighted by atomic mass is 32.2. The van der Waals surface area contributed by atoms with Crippen LogP contribution in [0.15, 0.2) is 29.2 Å². The number of halogens is 1. The van der Waals surface area contributed by atoms with E-state index in [2.05, 4.69) is 0 Å². The van der Waals surface area contributed by atoms with Crippen molar-refractivity contribution in [1.29, 1.82) is 0 Å². The molecule has 0 heterocycles. The van der Waals surface area contributed by atoms with E-state index in [1.54, 1.807) is 12.1 Å². The standard InChI is InChI=1S/C13H17FOS/c14-11-6-2-3-7-12(11)16-10-13(15)8-4-1-5-9-13/h2-3,6-7,15H,1,4-5,8-10H2. The van der Waals surface area contributed by atoms with Crippen LogP contribution in [0.1, 0.15) is 32.1 Å². The molecule has 0 bridgehead atoms. The number of thioether (sulfide) groups is 1. The first-order chi connectivity index (χ1) is 7.70. The Kier molecular flexibility index (Phi) is 3.87. The molecule has 0 aromatic heterocycles. The summed E-state index contributed by atoms with van der Waals surface area (Å²) in [6.45, 7) is 0. The first kappa shape index (κ1) is 11.9. The lowest BCUT2D eigenvalue weighted by Gasteiger charge is -2.31. The topological polar surface area (TPSA) is 20.2 Å². The van der Waals surface area contributed by atoms with Gasteiger partial charge in [0.05, 0.1) is 5.60 Å². The van der Waals surface area contributed by atoms with E-state index in [0.717, 1.165) is 25.7 Å². The highest BCUT2D eigenvalue weighted by Crippen LogP contribution is 2.34. The Morgan fingerprint density at radius 2 is 1.88 bits per heavy atom. The minimum absolute atomic E-state index is 0.188. The molecule has 16 heavy (non-hydrogen) atoms. The number of benzene rings is 1. The van der Waals surface area contributed by atoms with E-state index >= 15 is 0 Å². The average molecular weight is 240 g/mol. The Morgan fingerprint density at radius 1 is 1.19 bits per heavy atom. The molecule has 1 aromatic carbocycles. The summed E-state index contributed by atoms with van der Waals surface area (Å²) in [5.41, 5.74) is -0.578. The van der Waals surface area contributed by atoms with Crippen LogP contribution >= 0.6 is 11.8 Å². The summed E-state index contributed by atoms with van der Waals surface area (Å²) in [7, 11) is 0. The van der Waals surface area contributed by atoms with Crippen LogP contribution in [-0.4, -0.2) is 16.5 Å². The third-order valence-corrected chi connectivity index (χ3v) is 4.44. The fraction of sp³-hybridized carbons (Fsp3) is 0.538. The Labute approximate surface area is 100 Å². The summed E-state index contributed by atoms with van der Waals surface area (Å²) < 4.78 is 13.4. The van der Waals surface area contributed by atoms with Gasteiger partial charge in [0, 0.05) is 10.6 Å². The van der Waals surface area contributed by atoms with Crippen molar-refractivity contribution in [1.82, 2.24) is 0 Å². The van der Waals surface area contributed by atoms with E-state index in [-0.39, 0.29) is 5.82 Å². The van der Waals surface area contributed by atoms with Gasteiger partial charge in [0.2, 0.25) is 0 Å². The molecule has 1 nitrogen and oxygen atoms in total. The Morgan fingerprint density at radius 3 is 2.56 bits per heavy atom. The molecule has 0 unspecified atom stereocenters. The summed E-state index contributed by atoms with van der Waals surface area (Å²) in [5, 5.41) is 10.3. The third-order valence-electron chi connectivity index (χ3n) is 3.12. The number of aliphatic hydroxyl groups is 1. The minimum Gasteiger partial charge on any atom is -0.389 e. The van der Waals surface area contributed by atoms with Crippen LogP contribution < -0.4 is 0 Å². The zero-order valence-corrected chi connectivity index (χ0v) is 10.1. The highest BCUT2D eigenvalue weighted by Gasteiger charge is 2.29. The van der Waals surface area contributed by atoms with Crippen LogP contribution in [0, 0.1) is 5.82 Å². The molecule has 0 saturated heterocycles. The van der Waals surface area contributed by atoms with Gasteiger partial charge in [-0.05, 0) is 25.0 Å². The Bertz CT molecular complexity index is 348. The maximum Gasteiger partial charge on any atom is 0.136 e. The smallest absolute Gasteiger partial charge is 0.136 e. The van der Waals surface area contributed by atoms with E-state index in [4.69, 9.17) is 0 Å². The molecule has 1 N–H and O–H groups in total. The van der Waals surface area contributed by atoms with Crippen molar-refractivity contribution in [2.45, 2.75) is 42.6 Å². The molecule has 0 spiro atoms. The Balaban J connectivity index is 1.94. The minimum atomic E-state index is -0.578. The molecule has 0 atom stereocenters. The van der Waals surface area contributed by atoms with Crippen LogP contribution in [0.5, 0.6) is 0 Å². The SMILES string of the molecule is OC1(CSc2ccccc2F)CCCCC1. The average Bonchev–Trinajstić information content (AvgIpc) is 2.29. The van der Waals surface area contributed by atoms with Crippen molar-refractivity contribution in [3.8, 4) is 0 Å². The molecule has 1 fully saturated rings. The van der Waals surface area contributed by atoms with Crippen molar-refractivity contribution in [2.24, 2.45) is 0 Å². The van der Waals surface area contributed by atoms with Crippen LogP contribution in [0.3, 0.4) is 0 Å². The zero-order chi connectivity index (χ0) is 11.4. The quantitative estimate of drug-likeness (QED) is 0.814. The largest absolute Gasteiger partial charge is 0.389 e. The monoisotopic (exact) mass is 240 g/mol. The first-order valence-corrected chi connectivity index (χ1v) is 6.78. The van der Waals surface area contributed by atoms with Crippen molar-refractivity contribution in [3.63, 3.8) is 0 Å². The maximum absolute atomic E-state index is 13.4. The van der Waals surface area contributed by atoms with Gasteiger partial charge in [-0.15, -0.1) is 11.8 Å². The molecular formula is C13H17FOS. The van der Waals surface area contributed by atoms with Crippen molar-refractivity contribution < 1.29 is 9.50 Å². The van der Waals surface area contributed by atoms with Gasteiger partial charge >= 0.3 is 0 Å². The Hall–Kier alpha value is -0.540. The van der Waals surface area contributed by atoms with Gasteiger partial charge in [0.25, 0.3) is 0 Å². The summed E-state index contributed by atoms with van der Waals surface area (Å²) in [5.74, 6) is 0.417. The lowest BCUT2D eigenvalue weighted by molar-refractivity contribution is 0.0273. The molecule has 1 aliphatic carbocycles. The van der Waals surface area contributed by atoms with Gasteiger partial charge in [0.15, 0.2) is 0 Å². The number of hydrogen-bond donors (Lipinski definition) is 1. The van der Waals surface area contributed by atoms with Gasteiger partial charge in [-0.2, -0.15) is 0 Å². The molecule has 0 radical (unpaired) electrons. The van der Waals surface area contributed by atoms with Crippen molar-refractivity contribution >= 4 is 11.8 Å². The van der Waals surface area contributed by atoms with Crippen LogP contribution in [-0.2, 0) is 0 Å². The summed E-state index contributed by atoms with van der Waals surface area (Å²) in [6.07, 6.45) is 5.11. The maximum atomic E-state index is 13.4. The molecule has 3 heteroatoms. The van der Waals surface area contributed by atoms with Crippen molar-refractivity contribution in [2.75, 3.05) is 5.75 Å². The van der Waals surface area contributed by atoms with E-state index in [0.29, 0.717) is 10.6 Å². The van der Waals surface area contributed by atoms with Gasteiger partial charge in [0.1, 0.15) is 5.82 Å². The third kappa shape index (κ3) is 2.98. The molecule has 1 saturated carbocycles.